The molecule has 0 unspecified atom stereocenters. The zero-order chi connectivity index (χ0) is 25.1. The Balaban J connectivity index is 2.80. The molecular weight excluding hydrogens is 636 g/mol. The summed E-state index contributed by atoms with van der Waals surface area (Å²) in [7, 11) is -1.80. The molecule has 0 saturated carbocycles. The van der Waals surface area contributed by atoms with E-state index in [0.717, 1.165) is 38.8 Å². The molecule has 0 spiro atoms. The summed E-state index contributed by atoms with van der Waals surface area (Å²) in [5, 5.41) is 3.12. The molecule has 1 rings (SSSR count). The number of rotatable bonds is 13. The standard InChI is InChI=1S/C22H33Cl3INO4SSi/c1-6-33(7-2,8-3)31-20(16(4)13-19-14-32-17(5)27-19)10-9-18(26)11-12-29-21(28)30-15-22(23,24)25/h9,13-14,20H,6-8,10-12,15H2,1-5H3/b16-13+,18-9-/t20-/m0/s1. The molecule has 0 aliphatic carbocycles. The molecule has 0 bridgehead atoms. The monoisotopic (exact) mass is 667 g/mol. The molecule has 5 nitrogen and oxygen atoms in total. The highest BCUT2D eigenvalue weighted by Gasteiger charge is 2.32. The fraction of sp³-hybridized carbons (Fsp3) is 0.636. The van der Waals surface area contributed by atoms with Gasteiger partial charge in [-0.25, -0.2) is 9.78 Å². The van der Waals surface area contributed by atoms with Gasteiger partial charge in [-0.05, 0) is 76.2 Å². The van der Waals surface area contributed by atoms with Gasteiger partial charge in [-0.3, -0.25) is 0 Å². The largest absolute Gasteiger partial charge is 0.508 e. The maximum absolute atomic E-state index is 11.6. The van der Waals surface area contributed by atoms with Gasteiger partial charge in [0, 0.05) is 11.8 Å². The van der Waals surface area contributed by atoms with E-state index in [9.17, 15) is 4.79 Å². The lowest BCUT2D eigenvalue weighted by Crippen LogP contribution is -2.40. The highest BCUT2D eigenvalue weighted by Crippen LogP contribution is 2.29. The Morgan fingerprint density at radius 2 is 1.88 bits per heavy atom. The molecule has 0 aliphatic rings. The summed E-state index contributed by atoms with van der Waals surface area (Å²) in [6.45, 7) is 10.7. The van der Waals surface area contributed by atoms with Crippen LogP contribution in [0.1, 0.15) is 51.2 Å². The third kappa shape index (κ3) is 12.6. The number of nitrogens with zero attached hydrogens (tertiary/aromatic N) is 1. The van der Waals surface area contributed by atoms with Crippen LogP contribution in [0.15, 0.2) is 20.6 Å². The molecule has 0 N–H and O–H groups in total. The van der Waals surface area contributed by atoms with Crippen molar-refractivity contribution < 1.29 is 18.7 Å². The van der Waals surface area contributed by atoms with E-state index in [1.165, 1.54) is 5.57 Å². The van der Waals surface area contributed by atoms with Crippen LogP contribution in [0.2, 0.25) is 18.1 Å². The van der Waals surface area contributed by atoms with Crippen molar-refractivity contribution >= 4 is 89.3 Å². The number of aryl methyl sites for hydroxylation is 1. The summed E-state index contributed by atoms with van der Waals surface area (Å²) >= 11 is 20.6. The molecule has 0 radical (unpaired) electrons. The molecule has 0 fully saturated rings. The van der Waals surface area contributed by atoms with Crippen LogP contribution >= 0.6 is 68.7 Å². The quantitative estimate of drug-likeness (QED) is 0.0910. The lowest BCUT2D eigenvalue weighted by atomic mass is 10.1. The van der Waals surface area contributed by atoms with E-state index in [1.54, 1.807) is 11.3 Å². The Labute approximate surface area is 231 Å². The molecule has 188 valence electrons. The molecular formula is C22H33Cl3INO4SSi. The highest BCUT2D eigenvalue weighted by molar-refractivity contribution is 14.1. The lowest BCUT2D eigenvalue weighted by molar-refractivity contribution is 0.0578. The van der Waals surface area contributed by atoms with Gasteiger partial charge in [0.1, 0.15) is 6.61 Å². The van der Waals surface area contributed by atoms with Crippen LogP contribution in [0.25, 0.3) is 6.08 Å². The topological polar surface area (TPSA) is 57.7 Å². The molecule has 0 aromatic carbocycles. The molecule has 0 amide bonds. The van der Waals surface area contributed by atoms with Crippen LogP contribution in [0.5, 0.6) is 0 Å². The van der Waals surface area contributed by atoms with Gasteiger partial charge in [0.15, 0.2) is 8.32 Å². The molecule has 1 aromatic heterocycles. The molecule has 0 aliphatic heterocycles. The van der Waals surface area contributed by atoms with E-state index in [4.69, 9.17) is 48.7 Å². The Hall–Kier alpha value is 0.157. The second-order valence-electron chi connectivity index (χ2n) is 7.67. The summed E-state index contributed by atoms with van der Waals surface area (Å²) in [5.74, 6) is 0. The number of halogens is 4. The zero-order valence-corrected chi connectivity index (χ0v) is 26.0. The van der Waals surface area contributed by atoms with Gasteiger partial charge in [0.2, 0.25) is 3.79 Å². The first kappa shape index (κ1) is 31.2. The van der Waals surface area contributed by atoms with Crippen molar-refractivity contribution in [2.75, 3.05) is 13.2 Å². The molecule has 11 heteroatoms. The summed E-state index contributed by atoms with van der Waals surface area (Å²) in [4.78, 5) is 16.2. The van der Waals surface area contributed by atoms with Crippen LogP contribution in [0.3, 0.4) is 0 Å². The van der Waals surface area contributed by atoms with Gasteiger partial charge >= 0.3 is 6.16 Å². The Morgan fingerprint density at radius 1 is 1.24 bits per heavy atom. The SMILES string of the molecule is CC[Si](CC)(CC)O[C@@H](C/C=C(\I)CCOC(=O)OCC(Cl)(Cl)Cl)/C(C)=C/c1csc(C)n1. The van der Waals surface area contributed by atoms with Crippen molar-refractivity contribution in [1.29, 1.82) is 0 Å². The number of thiazole rings is 1. The molecule has 1 heterocycles. The van der Waals surface area contributed by atoms with E-state index in [-0.39, 0.29) is 19.3 Å². The second-order valence-corrected chi connectivity index (χ2v) is 17.4. The van der Waals surface area contributed by atoms with Crippen LogP contribution < -0.4 is 0 Å². The van der Waals surface area contributed by atoms with Crippen molar-refractivity contribution in [1.82, 2.24) is 4.98 Å². The van der Waals surface area contributed by atoms with E-state index >= 15 is 0 Å². The molecule has 33 heavy (non-hydrogen) atoms. The predicted molar refractivity (Wildman–Crippen MR) is 151 cm³/mol. The van der Waals surface area contributed by atoms with Crippen molar-refractivity contribution in [3.63, 3.8) is 0 Å². The number of hydrogen-bond acceptors (Lipinski definition) is 6. The summed E-state index contributed by atoms with van der Waals surface area (Å²) in [5.41, 5.74) is 2.14. The summed E-state index contributed by atoms with van der Waals surface area (Å²) in [6, 6.07) is 3.26. The van der Waals surface area contributed by atoms with Crippen LogP contribution in [0, 0.1) is 6.92 Å². The number of aromatic nitrogens is 1. The molecule has 0 saturated heterocycles. The minimum atomic E-state index is -1.80. The number of alkyl halides is 3. The van der Waals surface area contributed by atoms with E-state index in [2.05, 4.69) is 72.8 Å². The Morgan fingerprint density at radius 3 is 2.39 bits per heavy atom. The van der Waals surface area contributed by atoms with Crippen molar-refractivity contribution in [2.45, 2.75) is 75.5 Å². The number of carbonyl (C=O) groups excluding carboxylic acids is 1. The van der Waals surface area contributed by atoms with Crippen LogP contribution in [-0.2, 0) is 13.9 Å². The van der Waals surface area contributed by atoms with Gasteiger partial charge in [-0.15, -0.1) is 11.3 Å². The minimum Gasteiger partial charge on any atom is -0.434 e. The van der Waals surface area contributed by atoms with Crippen molar-refractivity contribution in [2.24, 2.45) is 0 Å². The third-order valence-corrected chi connectivity index (χ3v) is 12.1. The van der Waals surface area contributed by atoms with E-state index in [0.29, 0.717) is 6.42 Å². The highest BCUT2D eigenvalue weighted by atomic mass is 127. The van der Waals surface area contributed by atoms with Gasteiger partial charge in [0.25, 0.3) is 0 Å². The summed E-state index contributed by atoms with van der Waals surface area (Å²) in [6.07, 6.45) is 4.72. The van der Waals surface area contributed by atoms with Crippen LogP contribution in [-0.4, -0.2) is 42.6 Å². The Kier molecular flexibility index (Phi) is 14.5. The van der Waals surface area contributed by atoms with Gasteiger partial charge < -0.3 is 13.9 Å². The van der Waals surface area contributed by atoms with Crippen molar-refractivity contribution in [3.05, 3.63) is 31.3 Å². The van der Waals surface area contributed by atoms with Gasteiger partial charge in [-0.2, -0.15) is 0 Å². The fourth-order valence-corrected chi connectivity index (χ4v) is 7.25. The number of hydrogen-bond donors (Lipinski definition) is 0. The first-order valence-corrected chi connectivity index (χ1v) is 16.5. The number of carbonyl (C=O) groups is 1. The average Bonchev–Trinajstić information content (AvgIpc) is 3.17. The molecule has 1 atom stereocenters. The first-order chi connectivity index (χ1) is 15.4. The Bertz CT molecular complexity index is 802. The maximum Gasteiger partial charge on any atom is 0.508 e. The maximum atomic E-state index is 11.6. The summed E-state index contributed by atoms with van der Waals surface area (Å²) < 4.78 is 16.1. The van der Waals surface area contributed by atoms with E-state index < -0.39 is 18.3 Å². The fourth-order valence-electron chi connectivity index (χ4n) is 3.15. The van der Waals surface area contributed by atoms with E-state index in [1.807, 2.05) is 6.92 Å². The zero-order valence-electron chi connectivity index (χ0n) is 19.8. The smallest absolute Gasteiger partial charge is 0.434 e. The lowest BCUT2D eigenvalue weighted by Gasteiger charge is -2.33. The normalized spacial score (nSPS) is 14.3. The van der Waals surface area contributed by atoms with Gasteiger partial charge in [-0.1, -0.05) is 61.7 Å². The molecule has 1 aromatic rings. The van der Waals surface area contributed by atoms with Crippen molar-refractivity contribution in [3.8, 4) is 0 Å². The minimum absolute atomic E-state index is 0.0153. The van der Waals surface area contributed by atoms with Crippen LogP contribution in [0.4, 0.5) is 4.79 Å². The predicted octanol–water partition coefficient (Wildman–Crippen LogP) is 8.87. The average molecular weight is 669 g/mol. The second kappa shape index (κ2) is 15.3. The number of ether oxygens (including phenoxy) is 2. The first-order valence-electron chi connectivity index (χ1n) is 10.9. The third-order valence-electron chi connectivity index (χ3n) is 5.31. The van der Waals surface area contributed by atoms with Gasteiger partial charge in [0.05, 0.1) is 23.4 Å².